The summed E-state index contributed by atoms with van der Waals surface area (Å²) in [6.45, 7) is 1.35. The lowest BCUT2D eigenvalue weighted by atomic mass is 10.1. The number of nitrogens with zero attached hydrogens (tertiary/aromatic N) is 1. The van der Waals surface area contributed by atoms with E-state index < -0.39 is 5.54 Å². The van der Waals surface area contributed by atoms with Gasteiger partial charge >= 0.3 is 0 Å². The van der Waals surface area contributed by atoms with Crippen LogP contribution in [0.15, 0.2) is 33.7 Å². The van der Waals surface area contributed by atoms with E-state index in [9.17, 15) is 10.2 Å². The summed E-state index contributed by atoms with van der Waals surface area (Å²) in [5, 5.41) is 19.5. The monoisotopic (exact) mass is 262 g/mol. The fraction of sp³-hybridized carbons (Fsp3) is 0.357. The Morgan fingerprint density at radius 3 is 2.89 bits per heavy atom. The van der Waals surface area contributed by atoms with Crippen LogP contribution >= 0.6 is 0 Å². The lowest BCUT2D eigenvalue weighted by Crippen LogP contribution is -2.37. The van der Waals surface area contributed by atoms with Crippen molar-refractivity contribution in [1.82, 2.24) is 0 Å². The smallest absolute Gasteiger partial charge is 0.221 e. The topological polar surface area (TPSA) is 75.2 Å². The molecule has 1 aromatic heterocycles. The van der Waals surface area contributed by atoms with Crippen molar-refractivity contribution < 1.29 is 20.7 Å². The second-order valence-electron chi connectivity index (χ2n) is 4.70. The van der Waals surface area contributed by atoms with Gasteiger partial charge in [-0.25, -0.2) is 4.99 Å². The van der Waals surface area contributed by atoms with Gasteiger partial charge < -0.3 is 19.4 Å². The van der Waals surface area contributed by atoms with Gasteiger partial charge in [-0.2, -0.15) is 0 Å². The highest BCUT2D eigenvalue weighted by Gasteiger charge is 2.37. The number of hydrogen-bond acceptors (Lipinski definition) is 5. The lowest BCUT2D eigenvalue weighted by Gasteiger charge is -2.16. The standard InChI is InChI=1S/C14H15NO4/c1-9-12(10-4-2-3-5-11(10)19-9)13-15-14(6-16,7-17)8-18-13/h2-5,16-17H,6-8H2,1H3/i2D. The maximum Gasteiger partial charge on any atom is 0.221 e. The van der Waals surface area contributed by atoms with Crippen molar-refractivity contribution >= 4 is 16.9 Å². The van der Waals surface area contributed by atoms with E-state index in [4.69, 9.17) is 10.5 Å². The summed E-state index contributed by atoms with van der Waals surface area (Å²) in [6.07, 6.45) is 0. The van der Waals surface area contributed by atoms with Crippen molar-refractivity contribution in [2.75, 3.05) is 19.8 Å². The number of aliphatic imine (C=N–C) groups is 1. The van der Waals surface area contributed by atoms with Crippen LogP contribution in [0.5, 0.6) is 0 Å². The number of ether oxygens (including phenoxy) is 1. The van der Waals surface area contributed by atoms with Gasteiger partial charge in [-0.3, -0.25) is 0 Å². The van der Waals surface area contributed by atoms with Crippen LogP contribution < -0.4 is 0 Å². The lowest BCUT2D eigenvalue weighted by molar-refractivity contribution is 0.0977. The van der Waals surface area contributed by atoms with E-state index in [1.165, 1.54) is 0 Å². The van der Waals surface area contributed by atoms with Crippen LogP contribution in [0.25, 0.3) is 11.0 Å². The predicted octanol–water partition coefficient (Wildman–Crippen LogP) is 1.24. The van der Waals surface area contributed by atoms with Gasteiger partial charge in [0.25, 0.3) is 0 Å². The molecule has 5 nitrogen and oxygen atoms in total. The Bertz CT molecular complexity index is 688. The number of aliphatic hydroxyl groups excluding tert-OH is 2. The molecule has 0 saturated heterocycles. The molecular weight excluding hydrogens is 246 g/mol. The maximum absolute atomic E-state index is 9.36. The van der Waals surface area contributed by atoms with E-state index in [2.05, 4.69) is 4.99 Å². The van der Waals surface area contributed by atoms with Gasteiger partial charge in [0.1, 0.15) is 23.5 Å². The summed E-state index contributed by atoms with van der Waals surface area (Å²) < 4.78 is 18.9. The average molecular weight is 262 g/mol. The summed E-state index contributed by atoms with van der Waals surface area (Å²) in [7, 11) is 0. The first-order valence-electron chi connectivity index (χ1n) is 6.53. The zero-order valence-electron chi connectivity index (χ0n) is 11.5. The molecule has 2 aromatic rings. The van der Waals surface area contributed by atoms with E-state index in [0.29, 0.717) is 28.8 Å². The normalized spacial score (nSPS) is 18.3. The second kappa shape index (κ2) is 4.36. The van der Waals surface area contributed by atoms with Gasteiger partial charge in [0.15, 0.2) is 0 Å². The maximum atomic E-state index is 9.36. The van der Waals surface area contributed by atoms with Crippen molar-refractivity contribution in [2.45, 2.75) is 12.5 Å². The Morgan fingerprint density at radius 1 is 1.42 bits per heavy atom. The number of aryl methyl sites for hydroxylation is 1. The van der Waals surface area contributed by atoms with Crippen LogP contribution in [0.4, 0.5) is 0 Å². The van der Waals surface area contributed by atoms with E-state index in [0.717, 1.165) is 5.39 Å². The molecule has 100 valence electrons. The molecule has 0 saturated carbocycles. The highest BCUT2D eigenvalue weighted by Crippen LogP contribution is 2.30. The Labute approximate surface area is 111 Å². The molecule has 0 bridgehead atoms. The molecule has 0 amide bonds. The molecule has 0 aliphatic carbocycles. The molecule has 19 heavy (non-hydrogen) atoms. The molecule has 0 unspecified atom stereocenters. The summed E-state index contributed by atoms with van der Waals surface area (Å²) in [5.74, 6) is 0.978. The largest absolute Gasteiger partial charge is 0.475 e. The molecule has 1 aliphatic rings. The van der Waals surface area contributed by atoms with Crippen molar-refractivity contribution in [2.24, 2.45) is 4.99 Å². The molecule has 0 atom stereocenters. The average Bonchev–Trinajstić information content (AvgIpc) is 2.99. The first kappa shape index (κ1) is 11.0. The molecule has 0 spiro atoms. The number of para-hydroxylation sites is 1. The molecule has 0 fully saturated rings. The Balaban J connectivity index is 2.16. The molecular formula is C14H15NO4. The van der Waals surface area contributed by atoms with E-state index in [1.807, 2.05) is 0 Å². The fourth-order valence-corrected chi connectivity index (χ4v) is 2.19. The first-order chi connectivity index (χ1) is 9.58. The van der Waals surface area contributed by atoms with Gasteiger partial charge in [0.2, 0.25) is 5.90 Å². The van der Waals surface area contributed by atoms with Crippen molar-refractivity contribution in [3.05, 3.63) is 35.6 Å². The van der Waals surface area contributed by atoms with Crippen molar-refractivity contribution in [1.29, 1.82) is 0 Å². The van der Waals surface area contributed by atoms with Crippen molar-refractivity contribution in [3.8, 4) is 0 Å². The number of fused-ring (bicyclic) bond motifs is 1. The quantitative estimate of drug-likeness (QED) is 0.872. The van der Waals surface area contributed by atoms with Gasteiger partial charge in [0.05, 0.1) is 20.1 Å². The third-order valence-electron chi connectivity index (χ3n) is 3.33. The molecule has 1 aromatic carbocycles. The number of furan rings is 1. The Morgan fingerprint density at radius 2 is 2.21 bits per heavy atom. The molecule has 1 aliphatic heterocycles. The zero-order chi connectivity index (χ0) is 14.3. The van der Waals surface area contributed by atoms with Crippen LogP contribution in [0.3, 0.4) is 0 Å². The van der Waals surface area contributed by atoms with E-state index >= 15 is 0 Å². The second-order valence-corrected chi connectivity index (χ2v) is 4.70. The van der Waals surface area contributed by atoms with Crippen molar-refractivity contribution in [3.63, 3.8) is 0 Å². The molecule has 0 radical (unpaired) electrons. The number of aliphatic hydroxyl groups is 2. The first-order valence-corrected chi connectivity index (χ1v) is 6.03. The third kappa shape index (κ3) is 1.82. The van der Waals surface area contributed by atoms with Gasteiger partial charge in [-0.1, -0.05) is 18.2 Å². The van der Waals surface area contributed by atoms with E-state index in [-0.39, 0.29) is 19.8 Å². The molecule has 2 heterocycles. The fourth-order valence-electron chi connectivity index (χ4n) is 2.19. The predicted molar refractivity (Wildman–Crippen MR) is 70.3 cm³/mol. The highest BCUT2D eigenvalue weighted by atomic mass is 16.5. The summed E-state index contributed by atoms with van der Waals surface area (Å²) in [5.41, 5.74) is 0.340. The molecule has 2 N–H and O–H groups in total. The highest BCUT2D eigenvalue weighted by molar-refractivity contribution is 6.07. The Kier molecular flexibility index (Phi) is 2.53. The summed E-state index contributed by atoms with van der Waals surface area (Å²) >= 11 is 0. The minimum atomic E-state index is -0.996. The van der Waals surface area contributed by atoms with Crippen LogP contribution in [0.1, 0.15) is 12.7 Å². The van der Waals surface area contributed by atoms with E-state index in [1.54, 1.807) is 25.1 Å². The van der Waals surface area contributed by atoms with Crippen LogP contribution in [-0.4, -0.2) is 41.5 Å². The van der Waals surface area contributed by atoms with Gasteiger partial charge in [0, 0.05) is 5.39 Å². The van der Waals surface area contributed by atoms with Crippen LogP contribution in [0, 0.1) is 6.92 Å². The Hall–Kier alpha value is -1.85. The SMILES string of the molecule is [2H]c1ccc2oc(C)c(C3=NC(CO)(CO)CO3)c2c1. The number of rotatable bonds is 3. The minimum absolute atomic E-state index is 0.127. The summed E-state index contributed by atoms with van der Waals surface area (Å²) in [6, 6.07) is 5.44. The third-order valence-corrected chi connectivity index (χ3v) is 3.33. The van der Waals surface area contributed by atoms with Gasteiger partial charge in [-0.15, -0.1) is 0 Å². The zero-order valence-corrected chi connectivity index (χ0v) is 10.5. The molecule has 5 heteroatoms. The van der Waals surface area contributed by atoms with Crippen LogP contribution in [0.2, 0.25) is 0 Å². The number of benzene rings is 1. The number of hydrogen-bond donors (Lipinski definition) is 2. The molecule has 3 rings (SSSR count). The summed E-state index contributed by atoms with van der Waals surface area (Å²) in [4.78, 5) is 4.31. The van der Waals surface area contributed by atoms with Crippen LogP contribution in [-0.2, 0) is 4.74 Å². The van der Waals surface area contributed by atoms with Gasteiger partial charge in [-0.05, 0) is 13.0 Å². The minimum Gasteiger partial charge on any atom is -0.475 e.